The molecule has 6 rings (SSSR count). The van der Waals surface area contributed by atoms with E-state index in [1.807, 2.05) is 0 Å². The average Bonchev–Trinajstić information content (AvgIpc) is 2.62. The zero-order valence-electron chi connectivity index (χ0n) is 15.5. The molecule has 1 aromatic carbocycles. The van der Waals surface area contributed by atoms with Gasteiger partial charge in [0.1, 0.15) is 0 Å². The molecule has 5 fully saturated rings. The zero-order chi connectivity index (χ0) is 16.9. The van der Waals surface area contributed by atoms with Crippen LogP contribution in [0.3, 0.4) is 0 Å². The monoisotopic (exact) mass is 339 g/mol. The summed E-state index contributed by atoms with van der Waals surface area (Å²) in [6, 6.07) is 11.3. The minimum atomic E-state index is -0.125. The SMILES string of the molecule is O[C@H](CN1CCCCC1)C12C[C@H]3C[C@@H](CC(c4ccccc4)(C3)C1)C2. The smallest absolute Gasteiger partial charge is 0.0723 e. The first-order valence-electron chi connectivity index (χ1n) is 10.6. The molecule has 25 heavy (non-hydrogen) atoms. The predicted molar refractivity (Wildman–Crippen MR) is 102 cm³/mol. The molecular formula is C23H33NO. The van der Waals surface area contributed by atoms with E-state index in [0.717, 1.165) is 18.4 Å². The van der Waals surface area contributed by atoms with Crippen LogP contribution in [0.1, 0.15) is 63.4 Å². The lowest BCUT2D eigenvalue weighted by molar-refractivity contribution is -0.139. The normalized spacial score (nSPS) is 41.8. The van der Waals surface area contributed by atoms with E-state index in [1.165, 1.54) is 70.9 Å². The summed E-state index contributed by atoms with van der Waals surface area (Å²) >= 11 is 0. The topological polar surface area (TPSA) is 23.5 Å². The summed E-state index contributed by atoms with van der Waals surface area (Å²) in [5.74, 6) is 1.69. The number of benzene rings is 1. The first kappa shape index (κ1) is 16.3. The molecule has 1 aliphatic heterocycles. The summed E-state index contributed by atoms with van der Waals surface area (Å²) in [5, 5.41) is 11.4. The van der Waals surface area contributed by atoms with Gasteiger partial charge < -0.3 is 10.0 Å². The standard InChI is InChI=1S/C23H33NO/c25-21(16-24-9-5-2-6-10-24)23-14-18-11-19(15-23)13-22(12-18,17-23)20-7-3-1-4-8-20/h1,3-4,7-8,18-19,21,25H,2,5-6,9-17H2/t18-,19-,21+,22?,23?/m0/s1. The van der Waals surface area contributed by atoms with Crippen molar-refractivity contribution in [1.29, 1.82) is 0 Å². The lowest BCUT2D eigenvalue weighted by atomic mass is 9.42. The van der Waals surface area contributed by atoms with E-state index in [1.54, 1.807) is 5.56 Å². The van der Waals surface area contributed by atoms with E-state index in [9.17, 15) is 5.11 Å². The highest BCUT2D eigenvalue weighted by atomic mass is 16.3. The number of β-amino-alcohol motifs (C(OH)–C–C–N with tert-alkyl or cyclic N) is 1. The molecule has 2 heteroatoms. The van der Waals surface area contributed by atoms with Gasteiger partial charge in [0, 0.05) is 6.54 Å². The van der Waals surface area contributed by atoms with Gasteiger partial charge in [0.05, 0.1) is 6.10 Å². The van der Waals surface area contributed by atoms with Gasteiger partial charge in [0.25, 0.3) is 0 Å². The minimum Gasteiger partial charge on any atom is -0.391 e. The number of aliphatic hydroxyl groups excluding tert-OH is 1. The van der Waals surface area contributed by atoms with E-state index >= 15 is 0 Å². The molecule has 4 aliphatic carbocycles. The van der Waals surface area contributed by atoms with E-state index in [2.05, 4.69) is 35.2 Å². The Labute approximate surface area is 152 Å². The molecule has 0 radical (unpaired) electrons. The summed E-state index contributed by atoms with van der Waals surface area (Å²) in [7, 11) is 0. The highest BCUT2D eigenvalue weighted by molar-refractivity contribution is 5.30. The largest absolute Gasteiger partial charge is 0.391 e. The fourth-order valence-electron chi connectivity index (χ4n) is 7.43. The van der Waals surface area contributed by atoms with Gasteiger partial charge in [0.15, 0.2) is 0 Å². The first-order valence-corrected chi connectivity index (χ1v) is 10.6. The number of aliphatic hydroxyl groups is 1. The van der Waals surface area contributed by atoms with Crippen molar-refractivity contribution in [2.75, 3.05) is 19.6 Å². The molecule has 1 heterocycles. The number of hydrogen-bond acceptors (Lipinski definition) is 2. The maximum Gasteiger partial charge on any atom is 0.0723 e. The Hall–Kier alpha value is -0.860. The van der Waals surface area contributed by atoms with E-state index in [-0.39, 0.29) is 11.5 Å². The summed E-state index contributed by atoms with van der Waals surface area (Å²) in [6.07, 6.45) is 11.8. The maximum atomic E-state index is 11.4. The molecule has 0 spiro atoms. The van der Waals surface area contributed by atoms with Crippen molar-refractivity contribution >= 4 is 0 Å². The van der Waals surface area contributed by atoms with Crippen molar-refractivity contribution in [3.05, 3.63) is 35.9 Å². The second kappa shape index (κ2) is 6.09. The first-order chi connectivity index (χ1) is 12.2. The van der Waals surface area contributed by atoms with Gasteiger partial charge in [0.2, 0.25) is 0 Å². The molecule has 4 saturated carbocycles. The second-order valence-electron chi connectivity index (χ2n) is 9.85. The van der Waals surface area contributed by atoms with Crippen molar-refractivity contribution < 1.29 is 5.11 Å². The van der Waals surface area contributed by atoms with Gasteiger partial charge in [-0.1, -0.05) is 36.8 Å². The Morgan fingerprint density at radius 2 is 1.64 bits per heavy atom. The molecule has 136 valence electrons. The number of piperidine rings is 1. The third-order valence-electron chi connectivity index (χ3n) is 8.08. The third-order valence-corrected chi connectivity index (χ3v) is 8.08. The molecule has 1 aromatic rings. The van der Waals surface area contributed by atoms with Crippen LogP contribution in [-0.2, 0) is 5.41 Å². The van der Waals surface area contributed by atoms with Crippen LogP contribution in [0.25, 0.3) is 0 Å². The zero-order valence-corrected chi connectivity index (χ0v) is 15.5. The fraction of sp³-hybridized carbons (Fsp3) is 0.739. The molecule has 0 unspecified atom stereocenters. The molecule has 0 amide bonds. The van der Waals surface area contributed by atoms with Crippen LogP contribution in [0.4, 0.5) is 0 Å². The molecule has 2 nitrogen and oxygen atoms in total. The van der Waals surface area contributed by atoms with Crippen LogP contribution in [0, 0.1) is 17.3 Å². The lowest BCUT2D eigenvalue weighted by Gasteiger charge is -2.64. The quantitative estimate of drug-likeness (QED) is 0.880. The van der Waals surface area contributed by atoms with E-state index < -0.39 is 0 Å². The molecule has 3 atom stereocenters. The molecule has 0 aromatic heterocycles. The van der Waals surface area contributed by atoms with Gasteiger partial charge >= 0.3 is 0 Å². The Morgan fingerprint density at radius 3 is 2.32 bits per heavy atom. The van der Waals surface area contributed by atoms with Crippen LogP contribution >= 0.6 is 0 Å². The van der Waals surface area contributed by atoms with Gasteiger partial charge in [-0.3, -0.25) is 0 Å². The van der Waals surface area contributed by atoms with Crippen LogP contribution < -0.4 is 0 Å². The Bertz CT molecular complexity index is 592. The van der Waals surface area contributed by atoms with E-state index in [4.69, 9.17) is 0 Å². The van der Waals surface area contributed by atoms with Crippen molar-refractivity contribution in [2.24, 2.45) is 17.3 Å². The summed E-state index contributed by atoms with van der Waals surface area (Å²) < 4.78 is 0. The summed E-state index contributed by atoms with van der Waals surface area (Å²) in [6.45, 7) is 3.32. The molecule has 4 bridgehead atoms. The van der Waals surface area contributed by atoms with E-state index in [0.29, 0.717) is 5.41 Å². The fourth-order valence-corrected chi connectivity index (χ4v) is 7.43. The number of hydrogen-bond donors (Lipinski definition) is 1. The highest BCUT2D eigenvalue weighted by Gasteiger charge is 2.60. The lowest BCUT2D eigenvalue weighted by Crippen LogP contribution is -2.59. The Morgan fingerprint density at radius 1 is 0.960 bits per heavy atom. The van der Waals surface area contributed by atoms with Crippen LogP contribution in [0.2, 0.25) is 0 Å². The van der Waals surface area contributed by atoms with Crippen LogP contribution in [-0.4, -0.2) is 35.7 Å². The van der Waals surface area contributed by atoms with Gasteiger partial charge in [-0.15, -0.1) is 0 Å². The highest BCUT2D eigenvalue weighted by Crippen LogP contribution is 2.66. The molecule has 5 aliphatic rings. The minimum absolute atomic E-state index is 0.125. The molecule has 1 saturated heterocycles. The van der Waals surface area contributed by atoms with Gasteiger partial charge in [-0.05, 0) is 92.7 Å². The van der Waals surface area contributed by atoms with Gasteiger partial charge in [-0.25, -0.2) is 0 Å². The van der Waals surface area contributed by atoms with Crippen molar-refractivity contribution in [3.63, 3.8) is 0 Å². The van der Waals surface area contributed by atoms with Crippen LogP contribution in [0.15, 0.2) is 30.3 Å². The number of likely N-dealkylation sites (tertiary alicyclic amines) is 1. The second-order valence-corrected chi connectivity index (χ2v) is 9.85. The number of nitrogens with zero attached hydrogens (tertiary/aromatic N) is 1. The Balaban J connectivity index is 1.41. The summed E-state index contributed by atoms with van der Waals surface area (Å²) in [4.78, 5) is 2.54. The number of rotatable bonds is 4. The van der Waals surface area contributed by atoms with Crippen molar-refractivity contribution in [1.82, 2.24) is 4.90 Å². The molecule has 1 N–H and O–H groups in total. The van der Waals surface area contributed by atoms with Crippen molar-refractivity contribution in [3.8, 4) is 0 Å². The predicted octanol–water partition coefficient (Wildman–Crippen LogP) is 4.37. The van der Waals surface area contributed by atoms with Gasteiger partial charge in [-0.2, -0.15) is 0 Å². The summed E-state index contributed by atoms with van der Waals surface area (Å²) in [5.41, 5.74) is 2.10. The third kappa shape index (κ3) is 2.77. The molecular weight excluding hydrogens is 306 g/mol. The maximum absolute atomic E-state index is 11.4. The van der Waals surface area contributed by atoms with Crippen molar-refractivity contribution in [2.45, 2.75) is 69.3 Å². The Kier molecular flexibility index (Phi) is 3.98. The van der Waals surface area contributed by atoms with Crippen LogP contribution in [0.5, 0.6) is 0 Å². The average molecular weight is 340 g/mol.